The topological polar surface area (TPSA) is 127 Å². The van der Waals surface area contributed by atoms with E-state index in [0.717, 1.165) is 16.9 Å². The smallest absolute Gasteiger partial charge is 0.341 e. The molecule has 3 N–H and O–H groups in total. The lowest BCUT2D eigenvalue weighted by molar-refractivity contribution is 0.0525. The summed E-state index contributed by atoms with van der Waals surface area (Å²) in [4.78, 5) is 24.4. The van der Waals surface area contributed by atoms with E-state index >= 15 is 0 Å². The van der Waals surface area contributed by atoms with E-state index in [9.17, 15) is 14.7 Å². The van der Waals surface area contributed by atoms with Crippen molar-refractivity contribution in [2.75, 3.05) is 17.2 Å². The summed E-state index contributed by atoms with van der Waals surface area (Å²) in [5.74, 6) is -0.0808. The monoisotopic (exact) mass is 532 g/mol. The van der Waals surface area contributed by atoms with Gasteiger partial charge in [0.1, 0.15) is 23.3 Å². The molecule has 4 rings (SSSR count). The van der Waals surface area contributed by atoms with Crippen molar-refractivity contribution in [3.63, 3.8) is 0 Å². The van der Waals surface area contributed by atoms with Crippen LogP contribution in [0.3, 0.4) is 0 Å². The average molecular weight is 533 g/mol. The van der Waals surface area contributed by atoms with Crippen LogP contribution in [0.4, 0.5) is 15.6 Å². The first-order chi connectivity index (χ1) is 16.8. The molecule has 0 saturated carbocycles. The summed E-state index contributed by atoms with van der Waals surface area (Å²) in [6.07, 6.45) is 1.37. The Labute approximate surface area is 213 Å². The maximum absolute atomic E-state index is 12.4. The predicted octanol–water partition coefficient (Wildman–Crippen LogP) is 6.61. The number of furan rings is 1. The van der Waals surface area contributed by atoms with Gasteiger partial charge < -0.3 is 19.6 Å². The van der Waals surface area contributed by atoms with Gasteiger partial charge in [0, 0.05) is 21.8 Å². The largest absolute Gasteiger partial charge is 0.506 e. The number of benzene rings is 2. The van der Waals surface area contributed by atoms with Crippen molar-refractivity contribution < 1.29 is 23.8 Å². The van der Waals surface area contributed by atoms with E-state index in [0.29, 0.717) is 38.2 Å². The number of phenolic OH excluding ortho intramolecular Hbond substituents is 1. The van der Waals surface area contributed by atoms with Crippen molar-refractivity contribution in [1.29, 1.82) is 0 Å². The van der Waals surface area contributed by atoms with Gasteiger partial charge >= 0.3 is 12.0 Å². The summed E-state index contributed by atoms with van der Waals surface area (Å²) in [6.45, 7) is 3.79. The van der Waals surface area contributed by atoms with Gasteiger partial charge in [0.05, 0.1) is 17.2 Å². The molecule has 12 heteroatoms. The van der Waals surface area contributed by atoms with E-state index in [1.165, 1.54) is 18.4 Å². The number of aromatic hydroxyl groups is 1. The van der Waals surface area contributed by atoms with Crippen molar-refractivity contribution in [2.24, 2.45) is 0 Å². The minimum atomic E-state index is -0.535. The number of urea groups is 1. The highest BCUT2D eigenvalue weighted by atomic mass is 35.5. The van der Waals surface area contributed by atoms with Gasteiger partial charge in [-0.3, -0.25) is 5.32 Å². The highest BCUT2D eigenvalue weighted by Crippen LogP contribution is 2.39. The molecule has 2 amide bonds. The average Bonchev–Trinajstić information content (AvgIpc) is 3.43. The van der Waals surface area contributed by atoms with Crippen molar-refractivity contribution in [2.45, 2.75) is 13.8 Å². The van der Waals surface area contributed by atoms with Gasteiger partial charge in [0.2, 0.25) is 5.13 Å². The molecule has 0 saturated heterocycles. The van der Waals surface area contributed by atoms with Crippen LogP contribution in [0.25, 0.3) is 21.9 Å². The van der Waals surface area contributed by atoms with Gasteiger partial charge in [-0.2, -0.15) is 0 Å². The second kappa shape index (κ2) is 10.3. The molecule has 2 aromatic carbocycles. The molecule has 0 aliphatic carbocycles. The van der Waals surface area contributed by atoms with Crippen LogP contribution in [-0.2, 0) is 4.74 Å². The summed E-state index contributed by atoms with van der Waals surface area (Å²) >= 11 is 13.0. The number of nitrogens with one attached hydrogen (secondary N) is 2. The molecular weight excluding hydrogens is 515 g/mol. The zero-order valence-corrected chi connectivity index (χ0v) is 20.7. The molecule has 0 aliphatic heterocycles. The number of esters is 1. The number of phenols is 1. The number of hydrogen-bond acceptors (Lipinski definition) is 8. The maximum Gasteiger partial charge on any atom is 0.341 e. The van der Waals surface area contributed by atoms with Gasteiger partial charge in [-0.05, 0) is 50.2 Å². The van der Waals surface area contributed by atoms with E-state index in [2.05, 4.69) is 20.8 Å². The van der Waals surface area contributed by atoms with Gasteiger partial charge in [-0.1, -0.05) is 34.5 Å². The Morgan fingerprint density at radius 1 is 1.14 bits per heavy atom. The molecule has 0 bridgehead atoms. The molecule has 2 heterocycles. The number of hydrogen-bond donors (Lipinski definition) is 3. The second-order valence-corrected chi connectivity index (χ2v) is 9.00. The number of halogens is 2. The molecule has 0 spiro atoms. The number of ether oxygens (including phenoxy) is 1. The molecule has 0 radical (unpaired) electrons. The van der Waals surface area contributed by atoms with Gasteiger partial charge in [0.15, 0.2) is 5.01 Å². The van der Waals surface area contributed by atoms with Crippen molar-refractivity contribution in [3.8, 4) is 27.6 Å². The fourth-order valence-corrected chi connectivity index (χ4v) is 4.44. The first-order valence-corrected chi connectivity index (χ1v) is 11.8. The zero-order chi connectivity index (χ0) is 25.1. The molecule has 0 unspecified atom stereocenters. The molecular formula is C23H18Cl2N4O5S. The van der Waals surface area contributed by atoms with E-state index in [4.69, 9.17) is 32.4 Å². The lowest BCUT2D eigenvalue weighted by atomic mass is 10.1. The lowest BCUT2D eigenvalue weighted by Gasteiger charge is -2.06. The van der Waals surface area contributed by atoms with Crippen LogP contribution in [0.2, 0.25) is 10.0 Å². The first kappa shape index (κ1) is 24.5. The number of carbonyl (C=O) groups is 2. The SMILES string of the molecule is CCOC(=O)c1coc(-c2ccc(NC(=O)Nc3nnc(-c4cc(Cl)cc(Cl)c4O)s3)cc2)c1C. The minimum absolute atomic E-state index is 0.0836. The van der Waals surface area contributed by atoms with Gasteiger partial charge in [0.25, 0.3) is 0 Å². The quantitative estimate of drug-likeness (QED) is 0.238. The van der Waals surface area contributed by atoms with Crippen LogP contribution in [-0.4, -0.2) is 33.9 Å². The predicted molar refractivity (Wildman–Crippen MR) is 135 cm³/mol. The Balaban J connectivity index is 1.42. The Bertz CT molecular complexity index is 1400. The molecule has 0 fully saturated rings. The summed E-state index contributed by atoms with van der Waals surface area (Å²) in [5, 5.41) is 24.3. The van der Waals surface area contributed by atoms with E-state index in [-0.39, 0.29) is 22.5 Å². The van der Waals surface area contributed by atoms with Gasteiger partial charge in [-0.15, -0.1) is 10.2 Å². The molecule has 9 nitrogen and oxygen atoms in total. The number of amides is 2. The third-order valence-electron chi connectivity index (χ3n) is 4.84. The van der Waals surface area contributed by atoms with Crippen molar-refractivity contribution in [1.82, 2.24) is 10.2 Å². The van der Waals surface area contributed by atoms with Crippen LogP contribution in [0.1, 0.15) is 22.8 Å². The number of aromatic nitrogens is 2. The molecule has 0 aliphatic rings. The Kier molecular flexibility index (Phi) is 7.25. The molecule has 35 heavy (non-hydrogen) atoms. The van der Waals surface area contributed by atoms with Crippen LogP contribution >= 0.6 is 34.5 Å². The minimum Gasteiger partial charge on any atom is -0.506 e. The van der Waals surface area contributed by atoms with E-state index in [1.54, 1.807) is 38.1 Å². The van der Waals surface area contributed by atoms with E-state index < -0.39 is 12.0 Å². The van der Waals surface area contributed by atoms with Crippen molar-refractivity contribution in [3.05, 3.63) is 63.8 Å². The third kappa shape index (κ3) is 5.40. The summed E-state index contributed by atoms with van der Waals surface area (Å²) in [5.41, 5.74) is 2.60. The maximum atomic E-state index is 12.4. The molecule has 2 aromatic heterocycles. The summed E-state index contributed by atoms with van der Waals surface area (Å²) in [7, 11) is 0. The Hall–Kier alpha value is -3.60. The van der Waals surface area contributed by atoms with Crippen LogP contribution in [0.5, 0.6) is 5.75 Å². The highest BCUT2D eigenvalue weighted by Gasteiger charge is 2.19. The lowest BCUT2D eigenvalue weighted by Crippen LogP contribution is -2.19. The molecule has 4 aromatic rings. The Morgan fingerprint density at radius 3 is 2.60 bits per heavy atom. The number of carbonyl (C=O) groups excluding carboxylic acids is 2. The van der Waals surface area contributed by atoms with Crippen LogP contribution < -0.4 is 10.6 Å². The second-order valence-electron chi connectivity index (χ2n) is 7.18. The Morgan fingerprint density at radius 2 is 1.89 bits per heavy atom. The fraction of sp³-hybridized carbons (Fsp3) is 0.130. The summed E-state index contributed by atoms with van der Waals surface area (Å²) < 4.78 is 10.6. The highest BCUT2D eigenvalue weighted by molar-refractivity contribution is 7.18. The molecule has 180 valence electrons. The van der Waals surface area contributed by atoms with Crippen molar-refractivity contribution >= 4 is 57.4 Å². The first-order valence-electron chi connectivity index (χ1n) is 10.2. The van der Waals surface area contributed by atoms with Crippen LogP contribution in [0, 0.1) is 6.92 Å². The standard InChI is InChI=1S/C23H18Cl2N4O5S/c1-3-33-21(31)16-10-34-19(11(16)2)12-4-6-14(7-5-12)26-22(32)27-23-29-28-20(35-23)15-8-13(24)9-17(25)18(15)30/h4-10,30H,3H2,1-2H3,(H2,26,27,29,32). The number of rotatable bonds is 6. The van der Waals surface area contributed by atoms with E-state index in [1.807, 2.05) is 0 Å². The zero-order valence-electron chi connectivity index (χ0n) is 18.4. The normalized spacial score (nSPS) is 10.7. The third-order valence-corrected chi connectivity index (χ3v) is 6.22. The number of nitrogens with zero attached hydrogens (tertiary/aromatic N) is 2. The fourth-order valence-electron chi connectivity index (χ4n) is 3.19. The molecule has 0 atom stereocenters. The summed E-state index contributed by atoms with van der Waals surface area (Å²) in [6, 6.07) is 9.28. The number of anilines is 2. The van der Waals surface area contributed by atoms with Crippen LogP contribution in [0.15, 0.2) is 47.1 Å². The van der Waals surface area contributed by atoms with Gasteiger partial charge in [-0.25, -0.2) is 9.59 Å².